The zero-order valence-electron chi connectivity index (χ0n) is 8.06. The maximum Gasteiger partial charge on any atom is 0.0247 e. The van der Waals surface area contributed by atoms with Crippen LogP contribution in [0.3, 0.4) is 0 Å². The highest BCUT2D eigenvalue weighted by atomic mass is 14.9. The molecule has 0 saturated heterocycles. The predicted octanol–water partition coefficient (Wildman–Crippen LogP) is 2.59. The summed E-state index contributed by atoms with van der Waals surface area (Å²) in [6.07, 6.45) is 4.43. The molecule has 0 rings (SSSR count). The van der Waals surface area contributed by atoms with Crippen molar-refractivity contribution in [1.29, 1.82) is 0 Å². The van der Waals surface area contributed by atoms with E-state index in [4.69, 9.17) is 0 Å². The molecule has 0 heterocycles. The molecule has 0 aromatic rings. The van der Waals surface area contributed by atoms with Crippen LogP contribution in [-0.2, 0) is 0 Å². The van der Waals surface area contributed by atoms with Crippen molar-refractivity contribution in [2.75, 3.05) is 6.54 Å². The van der Waals surface area contributed by atoms with Crippen LogP contribution in [0.1, 0.15) is 33.6 Å². The van der Waals surface area contributed by atoms with Gasteiger partial charge in [0.15, 0.2) is 0 Å². The summed E-state index contributed by atoms with van der Waals surface area (Å²) in [6, 6.07) is 0.516. The van der Waals surface area contributed by atoms with Gasteiger partial charge >= 0.3 is 0 Å². The SMILES string of the molecule is C=CC(CCC)NCC(C)C. The monoisotopic (exact) mass is 155 g/mol. The molecule has 0 spiro atoms. The Kier molecular flexibility index (Phi) is 6.24. The Morgan fingerprint density at radius 2 is 2.09 bits per heavy atom. The first-order chi connectivity index (χ1) is 5.20. The van der Waals surface area contributed by atoms with Gasteiger partial charge in [-0.2, -0.15) is 0 Å². The Labute approximate surface area is 70.9 Å². The molecule has 0 radical (unpaired) electrons. The number of nitrogens with one attached hydrogen (secondary N) is 1. The minimum absolute atomic E-state index is 0.516. The summed E-state index contributed by atoms with van der Waals surface area (Å²) >= 11 is 0. The molecule has 0 aliphatic carbocycles. The second kappa shape index (κ2) is 6.41. The van der Waals surface area contributed by atoms with Gasteiger partial charge in [0, 0.05) is 6.04 Å². The molecule has 66 valence electrons. The lowest BCUT2D eigenvalue weighted by Gasteiger charge is -2.14. The Bertz CT molecular complexity index is 97.0. The molecule has 0 fully saturated rings. The topological polar surface area (TPSA) is 12.0 Å². The second-order valence-corrected chi connectivity index (χ2v) is 3.43. The number of hydrogen-bond acceptors (Lipinski definition) is 1. The van der Waals surface area contributed by atoms with E-state index in [1.807, 2.05) is 6.08 Å². The lowest BCUT2D eigenvalue weighted by molar-refractivity contribution is 0.488. The Balaban J connectivity index is 3.43. The van der Waals surface area contributed by atoms with Crippen LogP contribution in [0.2, 0.25) is 0 Å². The summed E-state index contributed by atoms with van der Waals surface area (Å²) in [5, 5.41) is 3.45. The third-order valence-corrected chi connectivity index (χ3v) is 1.67. The maximum atomic E-state index is 3.80. The molecule has 1 heteroatoms. The van der Waals surface area contributed by atoms with Crippen molar-refractivity contribution < 1.29 is 0 Å². The zero-order valence-corrected chi connectivity index (χ0v) is 8.06. The van der Waals surface area contributed by atoms with E-state index in [2.05, 4.69) is 32.7 Å². The Morgan fingerprint density at radius 3 is 2.45 bits per heavy atom. The molecule has 0 saturated carbocycles. The summed E-state index contributed by atoms with van der Waals surface area (Å²) in [4.78, 5) is 0. The van der Waals surface area contributed by atoms with Gasteiger partial charge in [-0.15, -0.1) is 6.58 Å². The summed E-state index contributed by atoms with van der Waals surface area (Å²) in [5.41, 5.74) is 0. The van der Waals surface area contributed by atoms with Gasteiger partial charge in [0.05, 0.1) is 0 Å². The van der Waals surface area contributed by atoms with Crippen LogP contribution in [0.4, 0.5) is 0 Å². The van der Waals surface area contributed by atoms with E-state index >= 15 is 0 Å². The molecular formula is C10H21N. The van der Waals surface area contributed by atoms with Gasteiger partial charge < -0.3 is 5.32 Å². The first kappa shape index (κ1) is 10.7. The quantitative estimate of drug-likeness (QED) is 0.581. The third-order valence-electron chi connectivity index (χ3n) is 1.67. The molecule has 0 aliphatic heterocycles. The van der Waals surface area contributed by atoms with E-state index < -0.39 is 0 Å². The van der Waals surface area contributed by atoms with Crippen LogP contribution < -0.4 is 5.32 Å². The summed E-state index contributed by atoms with van der Waals surface area (Å²) in [6.45, 7) is 11.5. The normalized spacial score (nSPS) is 13.5. The van der Waals surface area contributed by atoms with Crippen molar-refractivity contribution in [3.05, 3.63) is 12.7 Å². The Morgan fingerprint density at radius 1 is 1.45 bits per heavy atom. The fraction of sp³-hybridized carbons (Fsp3) is 0.800. The second-order valence-electron chi connectivity index (χ2n) is 3.43. The smallest absolute Gasteiger partial charge is 0.0247 e. The van der Waals surface area contributed by atoms with Crippen molar-refractivity contribution in [3.63, 3.8) is 0 Å². The van der Waals surface area contributed by atoms with Gasteiger partial charge in [0.2, 0.25) is 0 Å². The average molecular weight is 155 g/mol. The average Bonchev–Trinajstić information content (AvgIpc) is 1.97. The van der Waals surface area contributed by atoms with Crippen LogP contribution >= 0.6 is 0 Å². The highest BCUT2D eigenvalue weighted by molar-refractivity contribution is 4.84. The molecule has 1 nitrogen and oxygen atoms in total. The minimum Gasteiger partial charge on any atom is -0.310 e. The third kappa shape index (κ3) is 6.11. The standard InChI is InChI=1S/C10H21N/c1-5-7-10(6-2)11-8-9(3)4/h6,9-11H,2,5,7-8H2,1,3-4H3. The van der Waals surface area contributed by atoms with Crippen molar-refractivity contribution in [3.8, 4) is 0 Å². The minimum atomic E-state index is 0.516. The molecule has 1 N–H and O–H groups in total. The largest absolute Gasteiger partial charge is 0.310 e. The first-order valence-corrected chi connectivity index (χ1v) is 4.56. The molecule has 0 aromatic carbocycles. The number of rotatable bonds is 6. The highest BCUT2D eigenvalue weighted by Crippen LogP contribution is 1.98. The van der Waals surface area contributed by atoms with E-state index in [1.54, 1.807) is 0 Å². The Hall–Kier alpha value is -0.300. The molecule has 1 unspecified atom stereocenters. The molecule has 0 aromatic heterocycles. The van der Waals surface area contributed by atoms with Crippen molar-refractivity contribution >= 4 is 0 Å². The fourth-order valence-electron chi connectivity index (χ4n) is 1.00. The van der Waals surface area contributed by atoms with Gasteiger partial charge in [-0.1, -0.05) is 33.3 Å². The molecular weight excluding hydrogens is 134 g/mol. The highest BCUT2D eigenvalue weighted by Gasteiger charge is 2.01. The van der Waals surface area contributed by atoms with Gasteiger partial charge in [0.25, 0.3) is 0 Å². The van der Waals surface area contributed by atoms with Crippen LogP contribution in [-0.4, -0.2) is 12.6 Å². The van der Waals surface area contributed by atoms with E-state index in [0.717, 1.165) is 12.5 Å². The van der Waals surface area contributed by atoms with Crippen LogP contribution in [0.15, 0.2) is 12.7 Å². The first-order valence-electron chi connectivity index (χ1n) is 4.56. The molecule has 0 aliphatic rings. The van der Waals surface area contributed by atoms with Gasteiger partial charge in [-0.3, -0.25) is 0 Å². The van der Waals surface area contributed by atoms with E-state index in [9.17, 15) is 0 Å². The number of hydrogen-bond donors (Lipinski definition) is 1. The zero-order chi connectivity index (χ0) is 8.69. The summed E-state index contributed by atoms with van der Waals surface area (Å²) in [5.74, 6) is 0.731. The maximum absolute atomic E-state index is 3.80. The summed E-state index contributed by atoms with van der Waals surface area (Å²) < 4.78 is 0. The van der Waals surface area contributed by atoms with Crippen LogP contribution in [0, 0.1) is 5.92 Å². The van der Waals surface area contributed by atoms with Gasteiger partial charge in [-0.25, -0.2) is 0 Å². The van der Waals surface area contributed by atoms with E-state index in [1.165, 1.54) is 12.8 Å². The predicted molar refractivity (Wildman–Crippen MR) is 51.7 cm³/mol. The van der Waals surface area contributed by atoms with Crippen molar-refractivity contribution in [1.82, 2.24) is 5.32 Å². The van der Waals surface area contributed by atoms with Crippen molar-refractivity contribution in [2.45, 2.75) is 39.7 Å². The van der Waals surface area contributed by atoms with E-state index in [-0.39, 0.29) is 0 Å². The molecule has 0 amide bonds. The lowest BCUT2D eigenvalue weighted by atomic mass is 10.1. The molecule has 1 atom stereocenters. The van der Waals surface area contributed by atoms with Crippen LogP contribution in [0.5, 0.6) is 0 Å². The fourth-order valence-corrected chi connectivity index (χ4v) is 1.00. The van der Waals surface area contributed by atoms with Gasteiger partial charge in [-0.05, 0) is 18.9 Å². The van der Waals surface area contributed by atoms with E-state index in [0.29, 0.717) is 6.04 Å². The molecule has 11 heavy (non-hydrogen) atoms. The summed E-state index contributed by atoms with van der Waals surface area (Å²) in [7, 11) is 0. The van der Waals surface area contributed by atoms with Crippen LogP contribution in [0.25, 0.3) is 0 Å². The lowest BCUT2D eigenvalue weighted by Crippen LogP contribution is -2.30. The molecule has 0 bridgehead atoms. The van der Waals surface area contributed by atoms with Gasteiger partial charge in [0.1, 0.15) is 0 Å². The van der Waals surface area contributed by atoms with Crippen molar-refractivity contribution in [2.24, 2.45) is 5.92 Å².